The van der Waals surface area contributed by atoms with E-state index >= 15 is 0 Å². The second-order valence-electron chi connectivity index (χ2n) is 9.53. The molecule has 0 saturated heterocycles. The summed E-state index contributed by atoms with van der Waals surface area (Å²) in [5, 5.41) is 8.10. The van der Waals surface area contributed by atoms with Crippen molar-refractivity contribution < 1.29 is 23.4 Å². The molecular formula is C26H27FN4O4. The molecule has 2 heterocycles. The number of fused-ring (bicyclic) bond motifs is 1. The van der Waals surface area contributed by atoms with Gasteiger partial charge in [0.1, 0.15) is 11.9 Å². The molecular weight excluding hydrogens is 451 g/mol. The highest BCUT2D eigenvalue weighted by Crippen LogP contribution is 2.48. The first-order valence-electron chi connectivity index (χ1n) is 11.3. The van der Waals surface area contributed by atoms with Gasteiger partial charge in [0.2, 0.25) is 11.7 Å². The third kappa shape index (κ3) is 3.90. The fourth-order valence-electron chi connectivity index (χ4n) is 4.90. The second-order valence-corrected chi connectivity index (χ2v) is 9.53. The Balaban J connectivity index is 1.72. The minimum absolute atomic E-state index is 0.0481. The number of anilines is 1. The van der Waals surface area contributed by atoms with Crippen LogP contribution in [0.2, 0.25) is 0 Å². The van der Waals surface area contributed by atoms with Crippen molar-refractivity contribution in [3.05, 3.63) is 59.0 Å². The molecule has 182 valence electrons. The Bertz CT molecular complexity index is 1320. The molecule has 1 unspecified atom stereocenters. The topological polar surface area (TPSA) is 87.5 Å². The molecule has 2 aromatic carbocycles. The van der Waals surface area contributed by atoms with Gasteiger partial charge in [-0.3, -0.25) is 4.79 Å². The number of carbonyl (C=O) groups is 1. The number of nitrogens with zero attached hydrogens (tertiary/aromatic N) is 3. The van der Waals surface area contributed by atoms with Crippen LogP contribution in [0.15, 0.2) is 47.7 Å². The summed E-state index contributed by atoms with van der Waals surface area (Å²) in [5.74, 6) is 2.06. The van der Waals surface area contributed by atoms with Crippen LogP contribution in [-0.2, 0) is 4.79 Å². The zero-order chi connectivity index (χ0) is 24.9. The number of ether oxygens (including phenoxy) is 3. The van der Waals surface area contributed by atoms with Crippen LogP contribution in [0.25, 0.3) is 11.4 Å². The number of halogens is 1. The Morgan fingerprint density at radius 1 is 1.03 bits per heavy atom. The largest absolute Gasteiger partial charge is 0.493 e. The Morgan fingerprint density at radius 2 is 1.69 bits per heavy atom. The van der Waals surface area contributed by atoms with Crippen molar-refractivity contribution in [1.82, 2.24) is 14.8 Å². The second kappa shape index (κ2) is 8.41. The zero-order valence-corrected chi connectivity index (χ0v) is 20.3. The average molecular weight is 479 g/mol. The molecule has 1 atom stereocenters. The van der Waals surface area contributed by atoms with Gasteiger partial charge in [-0.1, -0.05) is 13.8 Å². The number of Topliss-reactive ketones (excluding diaryl/α,β-unsaturated/α-hetero) is 1. The van der Waals surface area contributed by atoms with E-state index in [1.165, 1.54) is 12.1 Å². The van der Waals surface area contributed by atoms with E-state index in [-0.39, 0.29) is 17.0 Å². The number of carbonyl (C=O) groups excluding carboxylic acids is 1. The van der Waals surface area contributed by atoms with Gasteiger partial charge in [0.15, 0.2) is 23.1 Å². The Labute approximate surface area is 202 Å². The van der Waals surface area contributed by atoms with E-state index in [1.807, 2.05) is 12.1 Å². The van der Waals surface area contributed by atoms with Crippen molar-refractivity contribution >= 4 is 11.7 Å². The van der Waals surface area contributed by atoms with Gasteiger partial charge in [0.05, 0.1) is 21.3 Å². The minimum Gasteiger partial charge on any atom is -0.493 e. The van der Waals surface area contributed by atoms with Crippen molar-refractivity contribution in [3.8, 4) is 28.6 Å². The molecule has 9 heteroatoms. The third-order valence-corrected chi connectivity index (χ3v) is 6.44. The highest BCUT2D eigenvalue weighted by atomic mass is 19.1. The van der Waals surface area contributed by atoms with Gasteiger partial charge in [0.25, 0.3) is 0 Å². The first kappa shape index (κ1) is 22.9. The molecule has 8 nitrogen and oxygen atoms in total. The molecule has 0 amide bonds. The molecule has 0 spiro atoms. The van der Waals surface area contributed by atoms with Gasteiger partial charge in [-0.2, -0.15) is 4.98 Å². The predicted molar refractivity (Wildman–Crippen MR) is 128 cm³/mol. The Morgan fingerprint density at radius 3 is 2.29 bits per heavy atom. The van der Waals surface area contributed by atoms with Gasteiger partial charge >= 0.3 is 0 Å². The van der Waals surface area contributed by atoms with Gasteiger partial charge in [0, 0.05) is 23.3 Å². The van der Waals surface area contributed by atoms with Crippen LogP contribution in [0.3, 0.4) is 0 Å². The van der Waals surface area contributed by atoms with Crippen molar-refractivity contribution in [2.24, 2.45) is 5.41 Å². The van der Waals surface area contributed by atoms with Crippen molar-refractivity contribution in [2.75, 3.05) is 26.6 Å². The number of allylic oxidation sites excluding steroid dienone is 2. The van der Waals surface area contributed by atoms with Crippen LogP contribution in [-0.4, -0.2) is 41.9 Å². The van der Waals surface area contributed by atoms with Gasteiger partial charge in [-0.05, 0) is 53.8 Å². The van der Waals surface area contributed by atoms with E-state index in [0.29, 0.717) is 53.0 Å². The lowest BCUT2D eigenvalue weighted by Crippen LogP contribution is -2.36. The van der Waals surface area contributed by atoms with E-state index in [4.69, 9.17) is 24.3 Å². The van der Waals surface area contributed by atoms with Crippen LogP contribution in [0.1, 0.15) is 38.3 Å². The zero-order valence-electron chi connectivity index (χ0n) is 20.3. The lowest BCUT2D eigenvalue weighted by Gasteiger charge is -2.38. The van der Waals surface area contributed by atoms with E-state index in [9.17, 15) is 9.18 Å². The van der Waals surface area contributed by atoms with Gasteiger partial charge < -0.3 is 19.5 Å². The summed E-state index contributed by atoms with van der Waals surface area (Å²) in [6.45, 7) is 4.15. The predicted octanol–water partition coefficient (Wildman–Crippen LogP) is 4.77. The van der Waals surface area contributed by atoms with Crippen LogP contribution in [0.4, 0.5) is 10.3 Å². The smallest absolute Gasteiger partial charge is 0.226 e. The van der Waals surface area contributed by atoms with Crippen LogP contribution in [0.5, 0.6) is 17.2 Å². The van der Waals surface area contributed by atoms with E-state index in [2.05, 4.69) is 19.2 Å². The summed E-state index contributed by atoms with van der Waals surface area (Å²) in [5.41, 5.74) is 2.70. The lowest BCUT2D eigenvalue weighted by atomic mass is 9.73. The third-order valence-electron chi connectivity index (χ3n) is 6.44. The monoisotopic (exact) mass is 478 g/mol. The molecule has 1 aliphatic carbocycles. The van der Waals surface area contributed by atoms with E-state index in [1.54, 1.807) is 38.1 Å². The average Bonchev–Trinajstić information content (AvgIpc) is 3.25. The number of benzene rings is 2. The molecule has 0 radical (unpaired) electrons. The maximum Gasteiger partial charge on any atom is 0.226 e. The fourth-order valence-corrected chi connectivity index (χ4v) is 4.90. The number of hydrogen-bond acceptors (Lipinski definition) is 7. The Hall–Kier alpha value is -3.88. The molecule has 2 aliphatic rings. The van der Waals surface area contributed by atoms with Crippen molar-refractivity contribution in [3.63, 3.8) is 0 Å². The number of methoxy groups -OCH3 is 3. The first-order valence-corrected chi connectivity index (χ1v) is 11.3. The molecule has 3 aromatic rings. The summed E-state index contributed by atoms with van der Waals surface area (Å²) in [6, 6.07) is 9.11. The van der Waals surface area contributed by atoms with Gasteiger partial charge in [-0.15, -0.1) is 5.10 Å². The molecule has 1 aromatic heterocycles. The number of rotatable bonds is 5. The molecule has 0 bridgehead atoms. The first-order chi connectivity index (χ1) is 16.7. The molecule has 35 heavy (non-hydrogen) atoms. The summed E-state index contributed by atoms with van der Waals surface area (Å²) in [4.78, 5) is 18.2. The molecule has 0 saturated carbocycles. The fraction of sp³-hybridized carbons (Fsp3) is 0.346. The minimum atomic E-state index is -0.555. The Kier molecular flexibility index (Phi) is 5.50. The lowest BCUT2D eigenvalue weighted by molar-refractivity contribution is -0.118. The molecule has 1 aliphatic heterocycles. The number of ketones is 1. The maximum atomic E-state index is 13.5. The summed E-state index contributed by atoms with van der Waals surface area (Å²) < 4.78 is 31.8. The molecule has 0 fully saturated rings. The van der Waals surface area contributed by atoms with Crippen molar-refractivity contribution in [1.29, 1.82) is 0 Å². The number of nitrogens with one attached hydrogen (secondary N) is 1. The number of hydrogen-bond donors (Lipinski definition) is 1. The summed E-state index contributed by atoms with van der Waals surface area (Å²) >= 11 is 0. The van der Waals surface area contributed by atoms with Crippen LogP contribution >= 0.6 is 0 Å². The maximum absolute atomic E-state index is 13.5. The normalized spacial score (nSPS) is 18.5. The summed E-state index contributed by atoms with van der Waals surface area (Å²) in [7, 11) is 4.65. The van der Waals surface area contributed by atoms with E-state index in [0.717, 1.165) is 11.3 Å². The van der Waals surface area contributed by atoms with Crippen LogP contribution in [0, 0.1) is 11.2 Å². The van der Waals surface area contributed by atoms with E-state index < -0.39 is 6.04 Å². The molecule has 5 rings (SSSR count). The number of aromatic nitrogens is 3. The molecule has 1 N–H and O–H groups in total. The summed E-state index contributed by atoms with van der Waals surface area (Å²) in [6.07, 6.45) is 1.11. The van der Waals surface area contributed by atoms with Crippen molar-refractivity contribution in [2.45, 2.75) is 32.7 Å². The van der Waals surface area contributed by atoms with Gasteiger partial charge in [-0.25, -0.2) is 9.07 Å². The SMILES string of the molecule is COc1cc(C2C3=C(CC(C)(C)CC3=O)Nc3nc(-c4ccc(F)cc4)nn32)cc(OC)c1OC. The highest BCUT2D eigenvalue weighted by Gasteiger charge is 2.42. The quantitative estimate of drug-likeness (QED) is 0.565. The highest BCUT2D eigenvalue weighted by molar-refractivity contribution is 6.00. The van der Waals surface area contributed by atoms with Crippen LogP contribution < -0.4 is 19.5 Å². The standard InChI is InChI=1S/C26H27FN4O4/c1-26(2)12-17-21(18(32)13-26)22(15-10-19(33-3)23(35-5)20(11-15)34-4)31-25(28-17)29-24(30-31)14-6-8-16(27)9-7-14/h6-11,22H,12-13H2,1-5H3,(H,28,29,30).